The normalized spacial score (nSPS) is 21.4. The van der Waals surface area contributed by atoms with Crippen LogP contribution in [0.15, 0.2) is 16.3 Å². The third-order valence-electron chi connectivity index (χ3n) is 3.71. The first-order chi connectivity index (χ1) is 8.95. The lowest BCUT2D eigenvalue weighted by Gasteiger charge is -2.17. The molecule has 1 fully saturated rings. The quantitative estimate of drug-likeness (QED) is 0.906. The fourth-order valence-electron chi connectivity index (χ4n) is 2.41. The molecule has 1 aromatic rings. The SMILES string of the molecule is CNCc1ccc(S(=O)(=O)N2CCC(C(C)C)C2)s1. The summed E-state index contributed by atoms with van der Waals surface area (Å²) < 4.78 is 27.2. The standard InChI is InChI=1S/C13H22N2O2S2/c1-10(2)11-6-7-15(9-11)19(16,17)13-5-4-12(18-13)8-14-3/h4-5,10-11,14H,6-9H2,1-3H3. The van der Waals surface area contributed by atoms with Crippen LogP contribution >= 0.6 is 11.3 Å². The van der Waals surface area contributed by atoms with Crippen molar-refractivity contribution in [3.63, 3.8) is 0 Å². The largest absolute Gasteiger partial charge is 0.315 e. The molecule has 0 aromatic carbocycles. The van der Waals surface area contributed by atoms with Crippen molar-refractivity contribution in [1.29, 1.82) is 0 Å². The van der Waals surface area contributed by atoms with Crippen LogP contribution in [0.3, 0.4) is 0 Å². The van der Waals surface area contributed by atoms with Gasteiger partial charge >= 0.3 is 0 Å². The second-order valence-electron chi connectivity index (χ2n) is 5.41. The van der Waals surface area contributed by atoms with Crippen molar-refractivity contribution >= 4 is 21.4 Å². The molecule has 1 saturated heterocycles. The summed E-state index contributed by atoms with van der Waals surface area (Å²) in [4.78, 5) is 1.06. The topological polar surface area (TPSA) is 49.4 Å². The molecule has 6 heteroatoms. The lowest BCUT2D eigenvalue weighted by Crippen LogP contribution is -2.28. The molecule has 1 atom stereocenters. The van der Waals surface area contributed by atoms with Gasteiger partial charge in [0.05, 0.1) is 0 Å². The summed E-state index contributed by atoms with van der Waals surface area (Å²) in [6, 6.07) is 3.62. The molecular formula is C13H22N2O2S2. The van der Waals surface area contributed by atoms with Gasteiger partial charge in [0.15, 0.2) is 0 Å². The van der Waals surface area contributed by atoms with Crippen molar-refractivity contribution in [2.75, 3.05) is 20.1 Å². The average Bonchev–Trinajstić information content (AvgIpc) is 2.98. The molecular weight excluding hydrogens is 280 g/mol. The van der Waals surface area contributed by atoms with Gasteiger partial charge in [-0.2, -0.15) is 4.31 Å². The molecule has 1 aromatic heterocycles. The highest BCUT2D eigenvalue weighted by atomic mass is 32.2. The molecule has 0 spiro atoms. The summed E-state index contributed by atoms with van der Waals surface area (Å²) in [5.74, 6) is 1.04. The molecule has 0 bridgehead atoms. The highest BCUT2D eigenvalue weighted by Crippen LogP contribution is 2.31. The molecule has 1 N–H and O–H groups in total. The van der Waals surface area contributed by atoms with Crippen molar-refractivity contribution in [1.82, 2.24) is 9.62 Å². The molecule has 0 aliphatic carbocycles. The summed E-state index contributed by atoms with van der Waals surface area (Å²) in [6.07, 6.45) is 0.978. The van der Waals surface area contributed by atoms with Gasteiger partial charge in [0.2, 0.25) is 0 Å². The van der Waals surface area contributed by atoms with E-state index in [2.05, 4.69) is 19.2 Å². The van der Waals surface area contributed by atoms with Crippen LogP contribution in [-0.2, 0) is 16.6 Å². The predicted octanol–water partition coefficient (Wildman–Crippen LogP) is 2.13. The van der Waals surface area contributed by atoms with Gasteiger partial charge in [-0.3, -0.25) is 0 Å². The molecule has 0 amide bonds. The number of sulfonamides is 1. The molecule has 4 nitrogen and oxygen atoms in total. The number of nitrogens with zero attached hydrogens (tertiary/aromatic N) is 1. The first-order valence-electron chi connectivity index (χ1n) is 6.68. The van der Waals surface area contributed by atoms with Crippen molar-refractivity contribution < 1.29 is 8.42 Å². The van der Waals surface area contributed by atoms with Crippen LogP contribution in [0.2, 0.25) is 0 Å². The van der Waals surface area contributed by atoms with Crippen LogP contribution in [0.4, 0.5) is 0 Å². The second kappa shape index (κ2) is 5.91. The lowest BCUT2D eigenvalue weighted by molar-refractivity contribution is 0.389. The molecule has 0 radical (unpaired) electrons. The van der Waals surface area contributed by atoms with Crippen molar-refractivity contribution in [2.45, 2.75) is 31.0 Å². The van der Waals surface area contributed by atoms with E-state index in [1.165, 1.54) is 11.3 Å². The Bertz CT molecular complexity index is 523. The molecule has 1 aliphatic heterocycles. The van der Waals surface area contributed by atoms with Gasteiger partial charge in [0.25, 0.3) is 10.0 Å². The van der Waals surface area contributed by atoms with E-state index in [1.807, 2.05) is 13.1 Å². The van der Waals surface area contributed by atoms with E-state index >= 15 is 0 Å². The molecule has 108 valence electrons. The van der Waals surface area contributed by atoms with Gasteiger partial charge < -0.3 is 5.32 Å². The molecule has 0 saturated carbocycles. The molecule has 1 aliphatic rings. The number of nitrogens with one attached hydrogen (secondary N) is 1. The van der Waals surface area contributed by atoms with Gasteiger partial charge in [-0.1, -0.05) is 13.8 Å². The zero-order chi connectivity index (χ0) is 14.0. The van der Waals surface area contributed by atoms with E-state index in [4.69, 9.17) is 0 Å². The Morgan fingerprint density at radius 2 is 2.21 bits per heavy atom. The van der Waals surface area contributed by atoms with Crippen LogP contribution in [0, 0.1) is 11.8 Å². The Balaban J connectivity index is 2.14. The van der Waals surface area contributed by atoms with Gasteiger partial charge in [-0.05, 0) is 37.4 Å². The van der Waals surface area contributed by atoms with Crippen molar-refractivity contribution in [2.24, 2.45) is 11.8 Å². The van der Waals surface area contributed by atoms with Gasteiger partial charge in [-0.25, -0.2) is 8.42 Å². The third-order valence-corrected chi connectivity index (χ3v) is 7.13. The fourth-order valence-corrected chi connectivity index (χ4v) is 5.44. The smallest absolute Gasteiger partial charge is 0.252 e. The van der Waals surface area contributed by atoms with Crippen LogP contribution < -0.4 is 5.32 Å². The minimum Gasteiger partial charge on any atom is -0.315 e. The Morgan fingerprint density at radius 3 is 2.79 bits per heavy atom. The van der Waals surface area contributed by atoms with Crippen LogP contribution in [-0.4, -0.2) is 32.9 Å². The van der Waals surface area contributed by atoms with Crippen molar-refractivity contribution in [3.05, 3.63) is 17.0 Å². The summed E-state index contributed by atoms with van der Waals surface area (Å²) in [5, 5.41) is 3.04. The third kappa shape index (κ3) is 3.18. The maximum Gasteiger partial charge on any atom is 0.252 e. The zero-order valence-electron chi connectivity index (χ0n) is 11.7. The molecule has 2 rings (SSSR count). The number of thiophene rings is 1. The highest BCUT2D eigenvalue weighted by molar-refractivity contribution is 7.91. The first-order valence-corrected chi connectivity index (χ1v) is 8.94. The number of hydrogen-bond donors (Lipinski definition) is 1. The van der Waals surface area contributed by atoms with E-state index in [0.717, 1.165) is 17.8 Å². The van der Waals surface area contributed by atoms with Gasteiger partial charge in [0, 0.05) is 24.5 Å². The van der Waals surface area contributed by atoms with Crippen LogP contribution in [0.5, 0.6) is 0 Å². The number of rotatable bonds is 5. The second-order valence-corrected chi connectivity index (χ2v) is 8.74. The zero-order valence-corrected chi connectivity index (χ0v) is 13.4. The number of hydrogen-bond acceptors (Lipinski definition) is 4. The average molecular weight is 302 g/mol. The Morgan fingerprint density at radius 1 is 1.47 bits per heavy atom. The van der Waals surface area contributed by atoms with Gasteiger partial charge in [0.1, 0.15) is 4.21 Å². The Kier molecular flexibility index (Phi) is 4.66. The monoisotopic (exact) mass is 302 g/mol. The summed E-state index contributed by atoms with van der Waals surface area (Å²) >= 11 is 1.37. The minimum absolute atomic E-state index is 0.474. The lowest BCUT2D eigenvalue weighted by atomic mass is 9.96. The summed E-state index contributed by atoms with van der Waals surface area (Å²) in [5.41, 5.74) is 0. The maximum atomic E-state index is 12.5. The molecule has 19 heavy (non-hydrogen) atoms. The van der Waals surface area contributed by atoms with E-state index < -0.39 is 10.0 Å². The van der Waals surface area contributed by atoms with E-state index in [1.54, 1.807) is 10.4 Å². The highest BCUT2D eigenvalue weighted by Gasteiger charge is 2.34. The fraction of sp³-hybridized carbons (Fsp3) is 0.692. The van der Waals surface area contributed by atoms with Crippen LogP contribution in [0.1, 0.15) is 25.1 Å². The van der Waals surface area contributed by atoms with E-state index in [9.17, 15) is 8.42 Å². The van der Waals surface area contributed by atoms with Gasteiger partial charge in [-0.15, -0.1) is 11.3 Å². The van der Waals surface area contributed by atoms with Crippen molar-refractivity contribution in [3.8, 4) is 0 Å². The summed E-state index contributed by atoms with van der Waals surface area (Å²) in [6.45, 7) is 6.37. The van der Waals surface area contributed by atoms with E-state index in [0.29, 0.717) is 29.1 Å². The van der Waals surface area contributed by atoms with Crippen LogP contribution in [0.25, 0.3) is 0 Å². The molecule has 1 unspecified atom stereocenters. The first kappa shape index (κ1) is 15.0. The van der Waals surface area contributed by atoms with E-state index in [-0.39, 0.29) is 0 Å². The predicted molar refractivity (Wildman–Crippen MR) is 78.8 cm³/mol. The molecule has 2 heterocycles. The minimum atomic E-state index is -3.28. The maximum absolute atomic E-state index is 12.5. The Hall–Kier alpha value is -0.430. The Labute approximate surface area is 119 Å². The summed E-state index contributed by atoms with van der Waals surface area (Å²) in [7, 11) is -1.42.